The number of pyridine rings is 1. The van der Waals surface area contributed by atoms with Crippen LogP contribution in [0.1, 0.15) is 35.1 Å². The number of nitrogens with two attached hydrogens (primary N) is 1. The summed E-state index contributed by atoms with van der Waals surface area (Å²) in [5.41, 5.74) is 8.16. The highest BCUT2D eigenvalue weighted by atomic mass is 16.2. The smallest absolute Gasteiger partial charge is 0.255 e. The average molecular weight is 247 g/mol. The molecule has 1 aliphatic heterocycles. The molecule has 2 rings (SSSR count). The Bertz CT molecular complexity index is 458. The van der Waals surface area contributed by atoms with Crippen LogP contribution in [0.5, 0.6) is 0 Å². The average Bonchev–Trinajstić information content (AvgIpc) is 2.70. The van der Waals surface area contributed by atoms with Crippen molar-refractivity contribution >= 4 is 5.91 Å². The van der Waals surface area contributed by atoms with Crippen LogP contribution in [0.25, 0.3) is 0 Å². The molecule has 1 amide bonds. The van der Waals surface area contributed by atoms with Crippen molar-refractivity contribution in [3.8, 4) is 0 Å². The predicted molar refractivity (Wildman–Crippen MR) is 71.4 cm³/mol. The first-order valence-electron chi connectivity index (χ1n) is 6.48. The van der Waals surface area contributed by atoms with Gasteiger partial charge in [-0.05, 0) is 51.8 Å². The van der Waals surface area contributed by atoms with Crippen molar-refractivity contribution in [2.45, 2.75) is 33.2 Å². The molecule has 2 unspecified atom stereocenters. The predicted octanol–water partition coefficient (Wildman–Crippen LogP) is 1.51. The second-order valence-corrected chi connectivity index (χ2v) is 5.23. The lowest BCUT2D eigenvalue weighted by Gasteiger charge is -2.22. The molecule has 0 aliphatic carbocycles. The minimum absolute atomic E-state index is 0.0865. The summed E-state index contributed by atoms with van der Waals surface area (Å²) in [5, 5.41) is 0. The fraction of sp³-hybridized carbons (Fsp3) is 0.571. The van der Waals surface area contributed by atoms with Crippen molar-refractivity contribution in [3.63, 3.8) is 0 Å². The van der Waals surface area contributed by atoms with Gasteiger partial charge < -0.3 is 10.6 Å². The molecular weight excluding hydrogens is 226 g/mol. The Labute approximate surface area is 108 Å². The summed E-state index contributed by atoms with van der Waals surface area (Å²) >= 11 is 0. The molecule has 18 heavy (non-hydrogen) atoms. The van der Waals surface area contributed by atoms with E-state index >= 15 is 0 Å². The minimum atomic E-state index is 0.0865. The Morgan fingerprint density at radius 2 is 2.22 bits per heavy atom. The van der Waals surface area contributed by atoms with Crippen molar-refractivity contribution in [1.82, 2.24) is 9.88 Å². The number of carbonyl (C=O) groups excluding carboxylic acids is 1. The van der Waals surface area contributed by atoms with E-state index in [1.54, 1.807) is 0 Å². The van der Waals surface area contributed by atoms with Gasteiger partial charge in [-0.25, -0.2) is 0 Å². The highest BCUT2D eigenvalue weighted by Crippen LogP contribution is 2.24. The van der Waals surface area contributed by atoms with E-state index in [1.807, 2.05) is 30.9 Å². The third kappa shape index (κ3) is 2.38. The lowest BCUT2D eigenvalue weighted by Crippen LogP contribution is -2.35. The van der Waals surface area contributed by atoms with Crippen LogP contribution in [-0.2, 0) is 0 Å². The van der Waals surface area contributed by atoms with Crippen molar-refractivity contribution in [2.24, 2.45) is 11.7 Å². The molecule has 1 saturated heterocycles. The lowest BCUT2D eigenvalue weighted by molar-refractivity contribution is 0.0742. The number of nitrogens with zero attached hydrogens (tertiary/aromatic N) is 2. The molecule has 2 atom stereocenters. The zero-order valence-corrected chi connectivity index (χ0v) is 11.3. The fourth-order valence-electron chi connectivity index (χ4n) is 2.66. The van der Waals surface area contributed by atoms with E-state index in [0.717, 1.165) is 24.4 Å². The van der Waals surface area contributed by atoms with Crippen LogP contribution in [0, 0.1) is 19.8 Å². The van der Waals surface area contributed by atoms with Crippen LogP contribution in [0.2, 0.25) is 0 Å². The first-order valence-corrected chi connectivity index (χ1v) is 6.48. The molecular formula is C14H21N3O. The van der Waals surface area contributed by atoms with Gasteiger partial charge in [0, 0.05) is 18.3 Å². The first-order chi connectivity index (χ1) is 8.52. The molecule has 1 aliphatic rings. The second kappa shape index (κ2) is 5.06. The zero-order chi connectivity index (χ0) is 13.3. The number of rotatable bonds is 2. The molecule has 0 aromatic carbocycles. The Kier molecular flexibility index (Phi) is 3.66. The van der Waals surface area contributed by atoms with E-state index in [4.69, 9.17) is 5.73 Å². The highest BCUT2D eigenvalue weighted by Gasteiger charge is 2.32. The zero-order valence-electron chi connectivity index (χ0n) is 11.3. The third-order valence-electron chi connectivity index (χ3n) is 3.71. The molecule has 98 valence electrons. The number of aryl methyl sites for hydroxylation is 2. The summed E-state index contributed by atoms with van der Waals surface area (Å²) in [5.74, 6) is 0.520. The number of hydrogen-bond acceptors (Lipinski definition) is 3. The Morgan fingerprint density at radius 3 is 2.78 bits per heavy atom. The van der Waals surface area contributed by atoms with E-state index < -0.39 is 0 Å². The Morgan fingerprint density at radius 1 is 1.50 bits per heavy atom. The van der Waals surface area contributed by atoms with Gasteiger partial charge >= 0.3 is 0 Å². The van der Waals surface area contributed by atoms with Crippen molar-refractivity contribution in [2.75, 3.05) is 13.1 Å². The third-order valence-corrected chi connectivity index (χ3v) is 3.71. The van der Waals surface area contributed by atoms with Gasteiger partial charge in [-0.15, -0.1) is 0 Å². The summed E-state index contributed by atoms with van der Waals surface area (Å²) in [6, 6.07) is 4.04. The SMILES string of the molecule is Cc1ccc(C(=O)N2CC(CN)CC2C)c(C)n1. The lowest BCUT2D eigenvalue weighted by atomic mass is 10.1. The standard InChI is InChI=1S/C14H21N3O/c1-9-4-5-13(11(3)16-9)14(18)17-8-12(7-15)6-10(17)2/h4-5,10,12H,6-8,15H2,1-3H3. The maximum Gasteiger partial charge on any atom is 0.255 e. The molecule has 0 radical (unpaired) electrons. The van der Waals surface area contributed by atoms with Crippen molar-refractivity contribution in [3.05, 3.63) is 29.1 Å². The number of hydrogen-bond donors (Lipinski definition) is 1. The Balaban J connectivity index is 2.21. The van der Waals surface area contributed by atoms with Crippen molar-refractivity contribution in [1.29, 1.82) is 0 Å². The van der Waals surface area contributed by atoms with E-state index in [9.17, 15) is 4.79 Å². The van der Waals surface area contributed by atoms with Gasteiger partial charge in [0.25, 0.3) is 5.91 Å². The monoisotopic (exact) mass is 247 g/mol. The second-order valence-electron chi connectivity index (χ2n) is 5.23. The number of carbonyl (C=O) groups is 1. The number of likely N-dealkylation sites (tertiary alicyclic amines) is 1. The maximum atomic E-state index is 12.5. The molecule has 4 heteroatoms. The molecule has 0 spiro atoms. The fourth-order valence-corrected chi connectivity index (χ4v) is 2.66. The van der Waals surface area contributed by atoms with E-state index in [1.165, 1.54) is 0 Å². The van der Waals surface area contributed by atoms with Gasteiger partial charge in [0.2, 0.25) is 0 Å². The van der Waals surface area contributed by atoms with Crippen LogP contribution in [-0.4, -0.2) is 34.9 Å². The molecule has 1 aromatic rings. The van der Waals surface area contributed by atoms with Crippen LogP contribution >= 0.6 is 0 Å². The molecule has 2 N–H and O–H groups in total. The van der Waals surface area contributed by atoms with E-state index in [0.29, 0.717) is 18.0 Å². The summed E-state index contributed by atoms with van der Waals surface area (Å²) in [7, 11) is 0. The van der Waals surface area contributed by atoms with E-state index in [2.05, 4.69) is 11.9 Å². The Hall–Kier alpha value is -1.42. The summed E-state index contributed by atoms with van der Waals surface area (Å²) in [4.78, 5) is 18.8. The topological polar surface area (TPSA) is 59.2 Å². The normalized spacial score (nSPS) is 23.4. The highest BCUT2D eigenvalue weighted by molar-refractivity contribution is 5.95. The largest absolute Gasteiger partial charge is 0.336 e. The molecule has 2 heterocycles. The van der Waals surface area contributed by atoms with E-state index in [-0.39, 0.29) is 11.9 Å². The van der Waals surface area contributed by atoms with Crippen LogP contribution in [0.3, 0.4) is 0 Å². The van der Waals surface area contributed by atoms with Crippen LogP contribution in [0.4, 0.5) is 0 Å². The quantitative estimate of drug-likeness (QED) is 0.861. The van der Waals surface area contributed by atoms with Gasteiger partial charge in [-0.3, -0.25) is 9.78 Å². The minimum Gasteiger partial charge on any atom is -0.336 e. The van der Waals surface area contributed by atoms with Crippen LogP contribution < -0.4 is 5.73 Å². The molecule has 0 saturated carbocycles. The molecule has 4 nitrogen and oxygen atoms in total. The van der Waals surface area contributed by atoms with Gasteiger partial charge in [-0.2, -0.15) is 0 Å². The summed E-state index contributed by atoms with van der Waals surface area (Å²) in [6.45, 7) is 7.33. The van der Waals surface area contributed by atoms with Gasteiger partial charge in [0.1, 0.15) is 0 Å². The van der Waals surface area contributed by atoms with Gasteiger partial charge in [0.15, 0.2) is 0 Å². The molecule has 1 fully saturated rings. The van der Waals surface area contributed by atoms with Crippen molar-refractivity contribution < 1.29 is 4.79 Å². The molecule has 1 aromatic heterocycles. The van der Waals surface area contributed by atoms with Crippen LogP contribution in [0.15, 0.2) is 12.1 Å². The number of amides is 1. The number of aromatic nitrogens is 1. The maximum absolute atomic E-state index is 12.5. The first kappa shape index (κ1) is 13.0. The van der Waals surface area contributed by atoms with Gasteiger partial charge in [-0.1, -0.05) is 0 Å². The summed E-state index contributed by atoms with van der Waals surface area (Å²) in [6.07, 6.45) is 1.00. The summed E-state index contributed by atoms with van der Waals surface area (Å²) < 4.78 is 0. The molecule has 0 bridgehead atoms. The van der Waals surface area contributed by atoms with Gasteiger partial charge in [0.05, 0.1) is 11.3 Å².